The van der Waals surface area contributed by atoms with E-state index in [1.54, 1.807) is 0 Å². The van der Waals surface area contributed by atoms with Crippen LogP contribution < -0.4 is 4.90 Å². The molecule has 0 radical (unpaired) electrons. The van der Waals surface area contributed by atoms with Crippen molar-refractivity contribution in [1.82, 2.24) is 4.98 Å². The molecule has 0 amide bonds. The van der Waals surface area contributed by atoms with Gasteiger partial charge in [-0.1, -0.05) is 27.3 Å². The minimum Gasteiger partial charge on any atom is -0.492 e. The van der Waals surface area contributed by atoms with Gasteiger partial charge in [0.1, 0.15) is 0 Å². The summed E-state index contributed by atoms with van der Waals surface area (Å²) in [5, 5.41) is 11.1. The molecule has 0 aliphatic carbocycles. The minimum absolute atomic E-state index is 0.0659. The van der Waals surface area contributed by atoms with Crippen LogP contribution in [0.4, 0.5) is 10.8 Å². The highest BCUT2D eigenvalue weighted by molar-refractivity contribution is 9.10. The fraction of sp³-hybridized carbons (Fsp3) is 0.333. The first-order chi connectivity index (χ1) is 12.0. The zero-order valence-electron chi connectivity index (χ0n) is 13.9. The first-order valence-corrected chi connectivity index (χ1v) is 9.76. The highest BCUT2D eigenvalue weighted by atomic mass is 79.9. The zero-order chi connectivity index (χ0) is 17.6. The number of ether oxygens (including phenoxy) is 1. The van der Waals surface area contributed by atoms with Crippen molar-refractivity contribution in [2.75, 3.05) is 18.0 Å². The largest absolute Gasteiger partial charge is 0.492 e. The summed E-state index contributed by atoms with van der Waals surface area (Å²) in [5.41, 5.74) is 2.97. The van der Waals surface area contributed by atoms with E-state index >= 15 is 0 Å². The van der Waals surface area contributed by atoms with Crippen LogP contribution in [-0.4, -0.2) is 41.6 Å². The van der Waals surface area contributed by atoms with E-state index in [-0.39, 0.29) is 18.1 Å². The van der Waals surface area contributed by atoms with E-state index in [2.05, 4.69) is 44.7 Å². The molecule has 0 unspecified atom stereocenters. The lowest BCUT2D eigenvalue weighted by Gasteiger charge is -2.35. The van der Waals surface area contributed by atoms with E-state index in [0.29, 0.717) is 0 Å². The molecule has 2 aliphatic rings. The lowest BCUT2D eigenvalue weighted by Crippen LogP contribution is -2.45. The molecule has 1 saturated heterocycles. The second-order valence-electron chi connectivity index (χ2n) is 6.37. The average Bonchev–Trinajstić information content (AvgIpc) is 3.11. The third-order valence-corrected chi connectivity index (χ3v) is 5.76. The number of aromatic hydroxyl groups is 1. The molecule has 1 aromatic heterocycles. The quantitative estimate of drug-likeness (QED) is 0.779. The summed E-state index contributed by atoms with van der Waals surface area (Å²) in [4.78, 5) is 11.7. The lowest BCUT2D eigenvalue weighted by molar-refractivity contribution is -0.00525. The third-order valence-electron chi connectivity index (χ3n) is 4.21. The number of morpholine rings is 1. The van der Waals surface area contributed by atoms with Crippen molar-refractivity contribution in [2.45, 2.75) is 26.1 Å². The summed E-state index contributed by atoms with van der Waals surface area (Å²) in [6.45, 7) is 5.68. The van der Waals surface area contributed by atoms with Gasteiger partial charge in [-0.15, -0.1) is 0 Å². The molecule has 25 heavy (non-hydrogen) atoms. The molecule has 2 aromatic rings. The van der Waals surface area contributed by atoms with E-state index < -0.39 is 0 Å². The Hall–Kier alpha value is -1.70. The molecule has 130 valence electrons. The van der Waals surface area contributed by atoms with Crippen LogP contribution in [0.15, 0.2) is 27.7 Å². The molecule has 2 atom stereocenters. The summed E-state index contributed by atoms with van der Waals surface area (Å²) in [5.74, 6) is 0.0659. The number of hydrogen-bond donors (Lipinski definition) is 1. The number of rotatable bonds is 2. The molecule has 0 bridgehead atoms. The summed E-state index contributed by atoms with van der Waals surface area (Å²) in [6, 6.07) is 5.99. The maximum atomic E-state index is 10.3. The van der Waals surface area contributed by atoms with Crippen LogP contribution >= 0.6 is 27.3 Å². The van der Waals surface area contributed by atoms with Crippen molar-refractivity contribution in [2.24, 2.45) is 4.99 Å². The smallest absolute Gasteiger partial charge is 0.231 e. The van der Waals surface area contributed by atoms with Gasteiger partial charge in [-0.05, 0) is 38.1 Å². The SMILES string of the molecule is C[C@@H]1CN(c2nc(O)c(C=C3C=Nc4ccc(Br)cc43)s2)C[C@@H](C)O1. The van der Waals surface area contributed by atoms with Gasteiger partial charge in [0.05, 0.1) is 22.8 Å². The fourth-order valence-electron chi connectivity index (χ4n) is 3.19. The number of nitrogens with zero attached hydrogens (tertiary/aromatic N) is 3. The Morgan fingerprint density at radius 1 is 1.32 bits per heavy atom. The average molecular weight is 420 g/mol. The molecular weight excluding hydrogens is 402 g/mol. The van der Waals surface area contributed by atoms with E-state index in [9.17, 15) is 5.11 Å². The monoisotopic (exact) mass is 419 g/mol. The van der Waals surface area contributed by atoms with Crippen LogP contribution in [0.2, 0.25) is 0 Å². The Bertz CT molecular complexity index is 867. The van der Waals surface area contributed by atoms with Gasteiger partial charge in [0.2, 0.25) is 5.88 Å². The Balaban J connectivity index is 1.64. The van der Waals surface area contributed by atoms with Crippen molar-refractivity contribution in [3.05, 3.63) is 33.1 Å². The molecule has 2 aliphatic heterocycles. The van der Waals surface area contributed by atoms with E-state index in [4.69, 9.17) is 4.74 Å². The first kappa shape index (κ1) is 16.8. The van der Waals surface area contributed by atoms with Crippen molar-refractivity contribution >= 4 is 55.9 Å². The molecule has 4 rings (SSSR count). The number of aliphatic imine (C=N–C) groups is 1. The Morgan fingerprint density at radius 2 is 2.08 bits per heavy atom. The number of benzene rings is 1. The second-order valence-corrected chi connectivity index (χ2v) is 8.29. The van der Waals surface area contributed by atoms with E-state index in [0.717, 1.165) is 44.4 Å². The zero-order valence-corrected chi connectivity index (χ0v) is 16.3. The number of anilines is 1. The molecule has 7 heteroatoms. The first-order valence-electron chi connectivity index (χ1n) is 8.15. The van der Waals surface area contributed by atoms with Gasteiger partial charge >= 0.3 is 0 Å². The molecule has 1 aromatic carbocycles. The van der Waals surface area contributed by atoms with Gasteiger partial charge in [0.25, 0.3) is 0 Å². The van der Waals surface area contributed by atoms with Crippen molar-refractivity contribution in [1.29, 1.82) is 0 Å². The molecule has 0 spiro atoms. The molecule has 0 saturated carbocycles. The topological polar surface area (TPSA) is 58.0 Å². The number of aromatic nitrogens is 1. The van der Waals surface area contributed by atoms with Crippen molar-refractivity contribution in [3.63, 3.8) is 0 Å². The maximum Gasteiger partial charge on any atom is 0.231 e. The van der Waals surface area contributed by atoms with Gasteiger partial charge in [0, 0.05) is 34.9 Å². The number of halogens is 1. The second kappa shape index (κ2) is 6.55. The van der Waals surface area contributed by atoms with E-state index in [1.165, 1.54) is 11.3 Å². The standard InChI is InChI=1S/C18H18BrN3O2S/c1-10-8-22(9-11(2)24-10)18-21-17(23)16(25-18)5-12-7-20-15-4-3-13(19)6-14(12)15/h3-7,10-11,23H,8-9H2,1-2H3/t10-,11-/m1/s1. The number of thiazole rings is 1. The summed E-state index contributed by atoms with van der Waals surface area (Å²) < 4.78 is 6.78. The fourth-order valence-corrected chi connectivity index (χ4v) is 4.48. The highest BCUT2D eigenvalue weighted by Crippen LogP contribution is 2.38. The van der Waals surface area contributed by atoms with Crippen LogP contribution in [0.25, 0.3) is 11.6 Å². The predicted octanol–water partition coefficient (Wildman–Crippen LogP) is 4.48. The summed E-state index contributed by atoms with van der Waals surface area (Å²) >= 11 is 4.99. The molecule has 3 heterocycles. The minimum atomic E-state index is 0.0659. The van der Waals surface area contributed by atoms with Crippen molar-refractivity contribution in [3.8, 4) is 5.88 Å². The highest BCUT2D eigenvalue weighted by Gasteiger charge is 2.25. The van der Waals surface area contributed by atoms with Crippen LogP contribution in [0, 0.1) is 0 Å². The summed E-state index contributed by atoms with van der Waals surface area (Å²) in [7, 11) is 0. The normalized spacial score (nSPS) is 24.1. The maximum absolute atomic E-state index is 10.3. The van der Waals surface area contributed by atoms with E-state index in [1.807, 2.05) is 30.5 Å². The number of allylic oxidation sites excluding steroid dienone is 1. The number of fused-ring (bicyclic) bond motifs is 1. The third kappa shape index (κ3) is 3.36. The molecule has 1 fully saturated rings. The van der Waals surface area contributed by atoms with Crippen LogP contribution in [-0.2, 0) is 4.74 Å². The summed E-state index contributed by atoms with van der Waals surface area (Å²) in [6.07, 6.45) is 4.09. The predicted molar refractivity (Wildman–Crippen MR) is 106 cm³/mol. The number of hydrogen-bond acceptors (Lipinski definition) is 6. The molecular formula is C18H18BrN3O2S. The van der Waals surface area contributed by atoms with Gasteiger partial charge in [-0.3, -0.25) is 4.99 Å². The van der Waals surface area contributed by atoms with Gasteiger partial charge in [0.15, 0.2) is 5.13 Å². The Labute approximate surface area is 158 Å². The Kier molecular flexibility index (Phi) is 4.39. The van der Waals surface area contributed by atoms with Crippen LogP contribution in [0.1, 0.15) is 24.3 Å². The molecule has 1 N–H and O–H groups in total. The van der Waals surface area contributed by atoms with Crippen LogP contribution in [0.3, 0.4) is 0 Å². The van der Waals surface area contributed by atoms with Gasteiger partial charge in [-0.2, -0.15) is 4.98 Å². The van der Waals surface area contributed by atoms with Crippen LogP contribution in [0.5, 0.6) is 5.88 Å². The van der Waals surface area contributed by atoms with Gasteiger partial charge in [-0.25, -0.2) is 0 Å². The molecule has 5 nitrogen and oxygen atoms in total. The Morgan fingerprint density at radius 3 is 2.84 bits per heavy atom. The van der Waals surface area contributed by atoms with Gasteiger partial charge < -0.3 is 14.7 Å². The lowest BCUT2D eigenvalue weighted by atomic mass is 10.1. The van der Waals surface area contributed by atoms with Crippen molar-refractivity contribution < 1.29 is 9.84 Å².